The van der Waals surface area contributed by atoms with Gasteiger partial charge in [0, 0.05) is 19.4 Å². The first-order chi connectivity index (χ1) is 6.32. The van der Waals surface area contributed by atoms with E-state index in [-0.39, 0.29) is 11.7 Å². The largest absolute Gasteiger partial charge is 0.440 e. The number of nitrogens with one attached hydrogen (secondary N) is 1. The fraction of sp³-hybridized carbons (Fsp3) is 0.889. The van der Waals surface area contributed by atoms with Gasteiger partial charge >= 0.3 is 6.09 Å². The highest BCUT2D eigenvalue weighted by Crippen LogP contribution is 2.43. The lowest BCUT2D eigenvalue weighted by Gasteiger charge is -2.42. The lowest BCUT2D eigenvalue weighted by Crippen LogP contribution is -2.57. The summed E-state index contributed by atoms with van der Waals surface area (Å²) in [5.41, 5.74) is -0.124. The molecule has 0 aromatic carbocycles. The second kappa shape index (κ2) is 2.38. The van der Waals surface area contributed by atoms with Crippen LogP contribution in [-0.2, 0) is 4.74 Å². The van der Waals surface area contributed by atoms with Crippen molar-refractivity contribution in [2.45, 2.75) is 30.9 Å². The van der Waals surface area contributed by atoms with Crippen LogP contribution in [0.4, 0.5) is 4.79 Å². The van der Waals surface area contributed by atoms with Crippen LogP contribution in [0.15, 0.2) is 0 Å². The van der Waals surface area contributed by atoms with Crippen LogP contribution < -0.4 is 5.32 Å². The quantitative estimate of drug-likeness (QED) is 0.587. The molecule has 3 aliphatic rings. The Hall–Kier alpha value is -0.770. The summed E-state index contributed by atoms with van der Waals surface area (Å²) in [4.78, 5) is 13.3. The van der Waals surface area contributed by atoms with E-state index in [9.17, 15) is 4.79 Å². The normalized spacial score (nSPS) is 35.5. The third kappa shape index (κ3) is 0.866. The summed E-state index contributed by atoms with van der Waals surface area (Å²) < 4.78 is 5.52. The molecule has 1 amide bonds. The van der Waals surface area contributed by atoms with Crippen LogP contribution in [0.3, 0.4) is 0 Å². The number of nitrogens with zero attached hydrogens (tertiary/aromatic N) is 1. The third-order valence-electron chi connectivity index (χ3n) is 3.60. The van der Waals surface area contributed by atoms with E-state index in [0.717, 1.165) is 38.9 Å². The Kier molecular flexibility index (Phi) is 1.39. The highest BCUT2D eigenvalue weighted by Gasteiger charge is 2.57. The molecule has 3 aliphatic heterocycles. The first-order valence-electron chi connectivity index (χ1n) is 5.02. The first-order valence-corrected chi connectivity index (χ1v) is 5.02. The van der Waals surface area contributed by atoms with Crippen molar-refractivity contribution in [3.05, 3.63) is 0 Å². The maximum Gasteiger partial charge on any atom is 0.410 e. The molecular weight excluding hydrogens is 168 g/mol. The lowest BCUT2D eigenvalue weighted by molar-refractivity contribution is -0.00774. The van der Waals surface area contributed by atoms with Crippen molar-refractivity contribution in [1.82, 2.24) is 10.2 Å². The van der Waals surface area contributed by atoms with Crippen LogP contribution in [0.5, 0.6) is 0 Å². The Morgan fingerprint density at radius 3 is 2.77 bits per heavy atom. The molecule has 1 spiro atoms. The summed E-state index contributed by atoms with van der Waals surface area (Å²) in [6.45, 7) is 2.87. The van der Waals surface area contributed by atoms with Crippen LogP contribution >= 0.6 is 0 Å². The zero-order chi connectivity index (χ0) is 8.89. The Labute approximate surface area is 77.2 Å². The van der Waals surface area contributed by atoms with Gasteiger partial charge in [-0.2, -0.15) is 0 Å². The smallest absolute Gasteiger partial charge is 0.410 e. The zero-order valence-corrected chi connectivity index (χ0v) is 7.58. The van der Waals surface area contributed by atoms with Crippen molar-refractivity contribution in [2.24, 2.45) is 0 Å². The lowest BCUT2D eigenvalue weighted by atomic mass is 9.80. The van der Waals surface area contributed by atoms with Gasteiger partial charge in [-0.1, -0.05) is 0 Å². The molecule has 0 aromatic heterocycles. The van der Waals surface area contributed by atoms with E-state index in [1.54, 1.807) is 0 Å². The van der Waals surface area contributed by atoms with Crippen LogP contribution in [0.2, 0.25) is 0 Å². The SMILES string of the molecule is O=C1OC2(CCNCC2)C2CCN12. The number of piperidine rings is 1. The van der Waals surface area contributed by atoms with Crippen LogP contribution in [0.25, 0.3) is 0 Å². The average Bonchev–Trinajstić information content (AvgIpc) is 2.18. The van der Waals surface area contributed by atoms with Crippen molar-refractivity contribution in [1.29, 1.82) is 0 Å². The van der Waals surface area contributed by atoms with E-state index in [4.69, 9.17) is 4.74 Å². The predicted octanol–water partition coefficient (Wildman–Crippen LogP) is 0.333. The Morgan fingerprint density at radius 2 is 2.23 bits per heavy atom. The molecule has 0 radical (unpaired) electrons. The molecule has 3 rings (SSSR count). The van der Waals surface area contributed by atoms with E-state index >= 15 is 0 Å². The molecule has 3 heterocycles. The molecule has 0 aromatic rings. The number of hydrogen-bond acceptors (Lipinski definition) is 3. The Morgan fingerprint density at radius 1 is 1.46 bits per heavy atom. The van der Waals surface area contributed by atoms with Crippen LogP contribution in [0, 0.1) is 0 Å². The number of fused-ring (bicyclic) bond motifs is 2. The summed E-state index contributed by atoms with van der Waals surface area (Å²) >= 11 is 0. The first kappa shape index (κ1) is 7.62. The van der Waals surface area contributed by atoms with Gasteiger partial charge < -0.3 is 15.0 Å². The van der Waals surface area contributed by atoms with Crippen molar-refractivity contribution in [2.75, 3.05) is 19.6 Å². The second-order valence-corrected chi connectivity index (χ2v) is 4.18. The highest BCUT2D eigenvalue weighted by molar-refractivity contribution is 5.73. The number of carbonyl (C=O) groups is 1. The predicted molar refractivity (Wildman–Crippen MR) is 46.4 cm³/mol. The maximum atomic E-state index is 11.4. The molecule has 4 nitrogen and oxygen atoms in total. The fourth-order valence-electron chi connectivity index (χ4n) is 2.74. The van der Waals surface area contributed by atoms with Gasteiger partial charge in [0.25, 0.3) is 0 Å². The molecule has 0 bridgehead atoms. The molecule has 0 aliphatic carbocycles. The summed E-state index contributed by atoms with van der Waals surface area (Å²) in [6.07, 6.45) is 3.02. The Balaban J connectivity index is 1.86. The average molecular weight is 182 g/mol. The summed E-state index contributed by atoms with van der Waals surface area (Å²) in [5, 5.41) is 3.30. The monoisotopic (exact) mass is 182 g/mol. The molecule has 72 valence electrons. The molecular formula is C9H14N2O2. The van der Waals surface area contributed by atoms with Gasteiger partial charge in [0.05, 0.1) is 6.04 Å². The minimum atomic E-state index is -0.124. The van der Waals surface area contributed by atoms with Gasteiger partial charge in [-0.15, -0.1) is 0 Å². The number of rotatable bonds is 0. The van der Waals surface area contributed by atoms with Crippen molar-refractivity contribution >= 4 is 6.09 Å². The second-order valence-electron chi connectivity index (χ2n) is 4.18. The van der Waals surface area contributed by atoms with Gasteiger partial charge in [-0.05, 0) is 19.5 Å². The van der Waals surface area contributed by atoms with Crippen LogP contribution in [-0.4, -0.2) is 42.3 Å². The van der Waals surface area contributed by atoms with Crippen molar-refractivity contribution in [3.8, 4) is 0 Å². The van der Waals surface area contributed by atoms with E-state index in [1.165, 1.54) is 0 Å². The van der Waals surface area contributed by atoms with E-state index in [1.807, 2.05) is 4.90 Å². The van der Waals surface area contributed by atoms with Crippen LogP contribution in [0.1, 0.15) is 19.3 Å². The number of hydrogen-bond donors (Lipinski definition) is 1. The number of carbonyl (C=O) groups excluding carboxylic acids is 1. The van der Waals surface area contributed by atoms with Gasteiger partial charge in [0.2, 0.25) is 0 Å². The van der Waals surface area contributed by atoms with Gasteiger partial charge in [0.15, 0.2) is 0 Å². The van der Waals surface area contributed by atoms with E-state index in [0.29, 0.717) is 6.04 Å². The molecule has 1 N–H and O–H groups in total. The zero-order valence-electron chi connectivity index (χ0n) is 7.58. The van der Waals surface area contributed by atoms with Gasteiger partial charge in [0.1, 0.15) is 5.60 Å². The number of amides is 1. The molecule has 13 heavy (non-hydrogen) atoms. The third-order valence-corrected chi connectivity index (χ3v) is 3.60. The molecule has 3 fully saturated rings. The molecule has 0 saturated carbocycles. The van der Waals surface area contributed by atoms with Gasteiger partial charge in [-0.3, -0.25) is 0 Å². The number of ether oxygens (including phenoxy) is 1. The summed E-state index contributed by atoms with van der Waals surface area (Å²) in [7, 11) is 0. The maximum absolute atomic E-state index is 11.4. The van der Waals surface area contributed by atoms with Crippen molar-refractivity contribution < 1.29 is 9.53 Å². The molecule has 4 heteroatoms. The molecule has 1 atom stereocenters. The molecule has 3 saturated heterocycles. The van der Waals surface area contributed by atoms with E-state index in [2.05, 4.69) is 5.32 Å². The highest BCUT2D eigenvalue weighted by atomic mass is 16.6. The topological polar surface area (TPSA) is 41.6 Å². The minimum Gasteiger partial charge on any atom is -0.440 e. The fourth-order valence-corrected chi connectivity index (χ4v) is 2.74. The minimum absolute atomic E-state index is 0.0850. The van der Waals surface area contributed by atoms with E-state index < -0.39 is 0 Å². The molecule has 1 unspecified atom stereocenters. The summed E-state index contributed by atoms with van der Waals surface area (Å²) in [5.74, 6) is 0. The van der Waals surface area contributed by atoms with Gasteiger partial charge in [-0.25, -0.2) is 4.79 Å². The Bertz CT molecular complexity index is 248. The summed E-state index contributed by atoms with van der Waals surface area (Å²) in [6, 6.07) is 0.391. The van der Waals surface area contributed by atoms with Crippen molar-refractivity contribution in [3.63, 3.8) is 0 Å². The standard InChI is InChI=1S/C9H14N2O2/c12-8-11-6-1-7(11)9(13-8)2-4-10-5-3-9/h7,10H,1-6H2.